The predicted octanol–water partition coefficient (Wildman–Crippen LogP) is 3.48. The van der Waals surface area contributed by atoms with Gasteiger partial charge >= 0.3 is 0 Å². The van der Waals surface area contributed by atoms with Crippen molar-refractivity contribution < 1.29 is 8.95 Å². The lowest BCUT2D eigenvalue weighted by Gasteiger charge is -2.05. The van der Waals surface area contributed by atoms with Gasteiger partial charge in [0.2, 0.25) is 0 Å². The molecule has 2 rings (SSSR count). The monoisotopic (exact) mass is 261 g/mol. The summed E-state index contributed by atoms with van der Waals surface area (Å²) in [6.07, 6.45) is 1.64. The van der Waals surface area contributed by atoms with E-state index in [2.05, 4.69) is 4.36 Å². The number of hydrogen-bond donors (Lipinski definition) is 0. The molecule has 2 aromatic carbocycles. The number of hydrogen-bond acceptors (Lipinski definition) is 3. The molecule has 0 radical (unpaired) electrons. The highest BCUT2D eigenvalue weighted by Gasteiger charge is 2.06. The summed E-state index contributed by atoms with van der Waals surface area (Å²) < 4.78 is 21.9. The summed E-state index contributed by atoms with van der Waals surface area (Å²) >= 11 is 0. The molecule has 0 aliphatic carbocycles. The van der Waals surface area contributed by atoms with E-state index in [0.717, 1.165) is 11.4 Å². The van der Waals surface area contributed by atoms with Crippen molar-refractivity contribution in [2.75, 3.05) is 13.4 Å². The Bertz CT molecular complexity index is 627. The van der Waals surface area contributed by atoms with Crippen LogP contribution in [0.25, 0.3) is 0 Å². The minimum atomic E-state index is -2.42. The third kappa shape index (κ3) is 2.90. The van der Waals surface area contributed by atoms with Crippen LogP contribution in [-0.4, -0.2) is 17.6 Å². The second-order valence-electron chi connectivity index (χ2n) is 3.90. The zero-order valence-electron chi connectivity index (χ0n) is 10.4. The second-order valence-corrected chi connectivity index (χ2v) is 6.16. The Morgan fingerprint density at radius 3 is 2.17 bits per heavy atom. The number of benzene rings is 2. The van der Waals surface area contributed by atoms with Crippen molar-refractivity contribution in [1.82, 2.24) is 0 Å². The van der Waals surface area contributed by atoms with Crippen molar-refractivity contribution in [3.8, 4) is 5.75 Å². The van der Waals surface area contributed by atoms with Crippen LogP contribution < -0.4 is 4.74 Å². The first kappa shape index (κ1) is 12.6. The number of ether oxygens (including phenoxy) is 1. The summed E-state index contributed by atoms with van der Waals surface area (Å²) in [4.78, 5) is 0.701. The fourth-order valence-electron chi connectivity index (χ4n) is 1.57. The van der Waals surface area contributed by atoms with Crippen LogP contribution in [0.4, 0.5) is 5.69 Å². The molecule has 1 unspecified atom stereocenters. The molecule has 0 fully saturated rings. The van der Waals surface area contributed by atoms with Gasteiger partial charge in [-0.2, -0.15) is 4.36 Å². The normalized spacial score (nSPS) is 13.7. The zero-order valence-corrected chi connectivity index (χ0v) is 11.2. The van der Waals surface area contributed by atoms with Gasteiger partial charge in [0.05, 0.1) is 22.5 Å². The fraction of sp³-hybridized carbons (Fsp3) is 0.143. The van der Waals surface area contributed by atoms with Crippen LogP contribution in [0.3, 0.4) is 0 Å². The third-order valence-corrected chi connectivity index (χ3v) is 4.24. The van der Waals surface area contributed by atoms with E-state index in [1.807, 2.05) is 30.3 Å². The number of methoxy groups -OCH3 is 1. The molecule has 0 saturated carbocycles. The van der Waals surface area contributed by atoms with Gasteiger partial charge in [0.1, 0.15) is 5.75 Å². The molecule has 0 aliphatic heterocycles. The largest absolute Gasteiger partial charge is 0.497 e. The Balaban J connectivity index is 2.41. The fourth-order valence-corrected chi connectivity index (χ4v) is 2.84. The van der Waals surface area contributed by atoms with E-state index in [1.165, 1.54) is 0 Å². The van der Waals surface area contributed by atoms with Crippen molar-refractivity contribution in [3.05, 3.63) is 54.6 Å². The molecule has 3 nitrogen and oxygen atoms in total. The summed E-state index contributed by atoms with van der Waals surface area (Å²) in [5.41, 5.74) is 0.723. The van der Waals surface area contributed by atoms with Crippen molar-refractivity contribution >= 4 is 15.4 Å². The molecule has 2 aromatic rings. The van der Waals surface area contributed by atoms with Gasteiger partial charge in [0, 0.05) is 11.2 Å². The smallest absolute Gasteiger partial charge is 0.118 e. The van der Waals surface area contributed by atoms with Crippen LogP contribution in [0.1, 0.15) is 0 Å². The Morgan fingerprint density at radius 2 is 1.61 bits per heavy atom. The van der Waals surface area contributed by atoms with E-state index < -0.39 is 9.73 Å². The topological polar surface area (TPSA) is 38.7 Å². The maximum atomic E-state index is 12.5. The van der Waals surface area contributed by atoms with E-state index in [0.29, 0.717) is 4.90 Å². The average molecular weight is 261 g/mol. The van der Waals surface area contributed by atoms with Crippen LogP contribution in [0.15, 0.2) is 63.9 Å². The Hall–Kier alpha value is -1.81. The molecule has 1 atom stereocenters. The lowest BCUT2D eigenvalue weighted by atomic mass is 10.3. The molecular weight excluding hydrogens is 246 g/mol. The molecule has 0 aliphatic rings. The maximum absolute atomic E-state index is 12.5. The zero-order chi connectivity index (χ0) is 13.0. The number of rotatable bonds is 3. The molecular formula is C14H15NO2S. The van der Waals surface area contributed by atoms with Gasteiger partial charge in [-0.05, 0) is 36.4 Å². The van der Waals surface area contributed by atoms with Crippen molar-refractivity contribution in [3.63, 3.8) is 0 Å². The third-order valence-electron chi connectivity index (χ3n) is 2.53. The van der Waals surface area contributed by atoms with E-state index in [1.54, 1.807) is 37.6 Å². The van der Waals surface area contributed by atoms with Crippen molar-refractivity contribution in [2.45, 2.75) is 4.90 Å². The summed E-state index contributed by atoms with van der Waals surface area (Å²) in [7, 11) is -0.815. The van der Waals surface area contributed by atoms with E-state index in [-0.39, 0.29) is 0 Å². The van der Waals surface area contributed by atoms with E-state index >= 15 is 0 Å². The molecule has 0 spiro atoms. The van der Waals surface area contributed by atoms with Crippen LogP contribution in [0, 0.1) is 0 Å². The van der Waals surface area contributed by atoms with Crippen LogP contribution in [-0.2, 0) is 9.73 Å². The van der Waals surface area contributed by atoms with Gasteiger partial charge in [-0.1, -0.05) is 18.2 Å². The SMILES string of the molecule is COc1ccc(S(C)(=O)=Nc2ccccc2)cc1. The molecule has 0 bridgehead atoms. The lowest BCUT2D eigenvalue weighted by Crippen LogP contribution is -1.96. The maximum Gasteiger partial charge on any atom is 0.118 e. The van der Waals surface area contributed by atoms with Gasteiger partial charge in [-0.3, -0.25) is 0 Å². The quantitative estimate of drug-likeness (QED) is 0.848. The van der Waals surface area contributed by atoms with Crippen molar-refractivity contribution in [2.24, 2.45) is 4.36 Å². The molecule has 0 aromatic heterocycles. The number of nitrogens with zero attached hydrogens (tertiary/aromatic N) is 1. The summed E-state index contributed by atoms with van der Waals surface area (Å²) in [5.74, 6) is 0.744. The predicted molar refractivity (Wildman–Crippen MR) is 73.9 cm³/mol. The minimum absolute atomic E-state index is 0.701. The first-order chi connectivity index (χ1) is 8.62. The van der Waals surface area contributed by atoms with Gasteiger partial charge in [-0.15, -0.1) is 0 Å². The molecule has 4 heteroatoms. The standard InChI is InChI=1S/C14H15NO2S/c1-17-13-8-10-14(11-9-13)18(2,16)15-12-6-4-3-5-7-12/h3-11H,1-2H3. The molecule has 0 N–H and O–H groups in total. The molecule has 0 amide bonds. The van der Waals surface area contributed by atoms with Crippen LogP contribution in [0.5, 0.6) is 5.75 Å². The average Bonchev–Trinajstić information content (AvgIpc) is 2.39. The molecule has 94 valence electrons. The van der Waals surface area contributed by atoms with E-state index in [4.69, 9.17) is 4.74 Å². The first-order valence-corrected chi connectivity index (χ1v) is 7.45. The molecule has 18 heavy (non-hydrogen) atoms. The lowest BCUT2D eigenvalue weighted by molar-refractivity contribution is 0.414. The van der Waals surface area contributed by atoms with Gasteiger partial charge in [-0.25, -0.2) is 4.21 Å². The Morgan fingerprint density at radius 1 is 1.00 bits per heavy atom. The van der Waals surface area contributed by atoms with Gasteiger partial charge in [0.15, 0.2) is 0 Å². The van der Waals surface area contributed by atoms with Crippen molar-refractivity contribution in [1.29, 1.82) is 0 Å². The van der Waals surface area contributed by atoms with Gasteiger partial charge in [0.25, 0.3) is 0 Å². The van der Waals surface area contributed by atoms with Gasteiger partial charge < -0.3 is 4.74 Å². The second kappa shape index (κ2) is 5.23. The van der Waals surface area contributed by atoms with E-state index in [9.17, 15) is 4.21 Å². The summed E-state index contributed by atoms with van der Waals surface area (Å²) in [6.45, 7) is 0. The highest BCUT2D eigenvalue weighted by molar-refractivity contribution is 7.93. The Labute approximate surface area is 108 Å². The first-order valence-electron chi connectivity index (χ1n) is 5.53. The van der Waals surface area contributed by atoms with Crippen LogP contribution in [0.2, 0.25) is 0 Å². The molecule has 0 saturated heterocycles. The highest BCUT2D eigenvalue weighted by Crippen LogP contribution is 2.21. The summed E-state index contributed by atoms with van der Waals surface area (Å²) in [6, 6.07) is 16.5. The summed E-state index contributed by atoms with van der Waals surface area (Å²) in [5, 5.41) is 0. The minimum Gasteiger partial charge on any atom is -0.497 e. The van der Waals surface area contributed by atoms with Crippen LogP contribution >= 0.6 is 0 Å². The Kier molecular flexibility index (Phi) is 3.67. The molecule has 0 heterocycles. The highest BCUT2D eigenvalue weighted by atomic mass is 32.2.